The molecule has 0 atom stereocenters. The molecule has 0 bridgehead atoms. The predicted octanol–water partition coefficient (Wildman–Crippen LogP) is 3.39. The molecule has 1 amide bonds. The largest absolute Gasteiger partial charge is 0.452 e. The Labute approximate surface area is 142 Å². The van der Waals surface area contributed by atoms with Crippen LogP contribution in [0.4, 0.5) is 5.69 Å². The van der Waals surface area contributed by atoms with E-state index in [2.05, 4.69) is 21.2 Å². The Hall–Kier alpha value is -2.18. The standard InChI is InChI=1S/C17H16BrNO4/c1-22-10-12-4-2-5-13(8-12)17(21)23-11-16(20)19-15-7-3-6-14(18)9-15/h2-9H,10-11H2,1H3,(H,19,20). The smallest absolute Gasteiger partial charge is 0.338 e. The molecule has 0 aliphatic rings. The Kier molecular flexibility index (Phi) is 6.31. The van der Waals surface area contributed by atoms with Crippen molar-refractivity contribution in [2.24, 2.45) is 0 Å². The molecule has 2 rings (SSSR count). The second kappa shape index (κ2) is 8.45. The lowest BCUT2D eigenvalue weighted by Gasteiger charge is -2.08. The van der Waals surface area contributed by atoms with Crippen LogP contribution in [0.2, 0.25) is 0 Å². The minimum absolute atomic E-state index is 0.347. The number of carbonyl (C=O) groups is 2. The normalized spacial score (nSPS) is 10.2. The van der Waals surface area contributed by atoms with Crippen molar-refractivity contribution in [1.82, 2.24) is 0 Å². The van der Waals surface area contributed by atoms with Crippen molar-refractivity contribution < 1.29 is 19.1 Å². The SMILES string of the molecule is COCc1cccc(C(=O)OCC(=O)Nc2cccc(Br)c2)c1. The maximum atomic E-state index is 12.0. The predicted molar refractivity (Wildman–Crippen MR) is 90.2 cm³/mol. The van der Waals surface area contributed by atoms with E-state index in [-0.39, 0.29) is 6.61 Å². The Morgan fingerprint density at radius 1 is 1.13 bits per heavy atom. The monoisotopic (exact) mass is 377 g/mol. The lowest BCUT2D eigenvalue weighted by Crippen LogP contribution is -2.21. The summed E-state index contributed by atoms with van der Waals surface area (Å²) in [7, 11) is 1.58. The maximum absolute atomic E-state index is 12.0. The second-order valence-corrected chi connectivity index (χ2v) is 5.68. The van der Waals surface area contributed by atoms with Gasteiger partial charge in [-0.25, -0.2) is 4.79 Å². The molecule has 0 saturated heterocycles. The molecule has 1 N–H and O–H groups in total. The number of hydrogen-bond acceptors (Lipinski definition) is 4. The molecule has 0 spiro atoms. The molecule has 0 aliphatic heterocycles. The van der Waals surface area contributed by atoms with Gasteiger partial charge in [-0.1, -0.05) is 34.1 Å². The van der Waals surface area contributed by atoms with Gasteiger partial charge in [0.2, 0.25) is 0 Å². The molecule has 0 heterocycles. The van der Waals surface area contributed by atoms with Crippen molar-refractivity contribution in [3.63, 3.8) is 0 Å². The number of rotatable bonds is 6. The number of nitrogens with one attached hydrogen (secondary N) is 1. The van der Waals surface area contributed by atoms with E-state index in [1.165, 1.54) is 0 Å². The van der Waals surface area contributed by atoms with Crippen molar-refractivity contribution >= 4 is 33.5 Å². The number of methoxy groups -OCH3 is 1. The Morgan fingerprint density at radius 2 is 1.91 bits per heavy atom. The van der Waals surface area contributed by atoms with E-state index in [1.807, 2.05) is 12.1 Å². The number of hydrogen-bond donors (Lipinski definition) is 1. The minimum atomic E-state index is -0.549. The average molecular weight is 378 g/mol. The zero-order valence-electron chi connectivity index (χ0n) is 12.5. The molecular formula is C17H16BrNO4. The first-order chi connectivity index (χ1) is 11.1. The van der Waals surface area contributed by atoms with Gasteiger partial charge < -0.3 is 14.8 Å². The molecule has 0 aromatic heterocycles. The molecule has 0 saturated carbocycles. The van der Waals surface area contributed by atoms with Crippen molar-refractivity contribution in [2.75, 3.05) is 19.0 Å². The van der Waals surface area contributed by atoms with Gasteiger partial charge in [-0.15, -0.1) is 0 Å². The minimum Gasteiger partial charge on any atom is -0.452 e. The molecule has 5 nitrogen and oxygen atoms in total. The van der Waals surface area contributed by atoms with Crippen molar-refractivity contribution in [1.29, 1.82) is 0 Å². The van der Waals surface area contributed by atoms with Crippen LogP contribution in [0.15, 0.2) is 53.0 Å². The average Bonchev–Trinajstić information content (AvgIpc) is 2.53. The molecular weight excluding hydrogens is 362 g/mol. The number of carbonyl (C=O) groups excluding carboxylic acids is 2. The number of anilines is 1. The van der Waals surface area contributed by atoms with Crippen LogP contribution in [0, 0.1) is 0 Å². The Bertz CT molecular complexity index is 702. The van der Waals surface area contributed by atoms with E-state index < -0.39 is 11.9 Å². The summed E-state index contributed by atoms with van der Waals surface area (Å²) >= 11 is 3.32. The molecule has 2 aromatic rings. The van der Waals surface area contributed by atoms with E-state index in [9.17, 15) is 9.59 Å². The van der Waals surface area contributed by atoms with Gasteiger partial charge in [0.05, 0.1) is 12.2 Å². The summed E-state index contributed by atoms with van der Waals surface area (Å²) in [5.74, 6) is -0.947. The van der Waals surface area contributed by atoms with E-state index in [1.54, 1.807) is 43.5 Å². The van der Waals surface area contributed by atoms with E-state index in [0.29, 0.717) is 17.9 Å². The van der Waals surface area contributed by atoms with Gasteiger partial charge in [0.25, 0.3) is 5.91 Å². The van der Waals surface area contributed by atoms with Crippen LogP contribution >= 0.6 is 15.9 Å². The Morgan fingerprint density at radius 3 is 2.65 bits per heavy atom. The highest BCUT2D eigenvalue weighted by atomic mass is 79.9. The quantitative estimate of drug-likeness (QED) is 0.783. The van der Waals surface area contributed by atoms with E-state index in [4.69, 9.17) is 9.47 Å². The second-order valence-electron chi connectivity index (χ2n) is 4.77. The number of amides is 1. The molecule has 0 fully saturated rings. The van der Waals surface area contributed by atoms with Gasteiger partial charge in [-0.3, -0.25) is 4.79 Å². The fraction of sp³-hybridized carbons (Fsp3) is 0.176. The topological polar surface area (TPSA) is 64.6 Å². The fourth-order valence-electron chi connectivity index (χ4n) is 1.93. The zero-order chi connectivity index (χ0) is 16.7. The maximum Gasteiger partial charge on any atom is 0.338 e. The molecule has 0 radical (unpaired) electrons. The summed E-state index contributed by atoms with van der Waals surface area (Å²) in [4.78, 5) is 23.8. The summed E-state index contributed by atoms with van der Waals surface area (Å²) < 4.78 is 10.9. The van der Waals surface area contributed by atoms with Crippen LogP contribution in [-0.2, 0) is 20.9 Å². The van der Waals surface area contributed by atoms with Crippen molar-refractivity contribution in [3.05, 3.63) is 64.1 Å². The van der Waals surface area contributed by atoms with Gasteiger partial charge in [0, 0.05) is 17.3 Å². The summed E-state index contributed by atoms with van der Waals surface area (Å²) in [5, 5.41) is 2.66. The molecule has 0 unspecified atom stereocenters. The number of esters is 1. The van der Waals surface area contributed by atoms with Gasteiger partial charge >= 0.3 is 5.97 Å². The third-order valence-corrected chi connectivity index (χ3v) is 3.41. The molecule has 6 heteroatoms. The zero-order valence-corrected chi connectivity index (χ0v) is 14.1. The molecule has 120 valence electrons. The van der Waals surface area contributed by atoms with Crippen LogP contribution in [0.3, 0.4) is 0 Å². The summed E-state index contributed by atoms with van der Waals surface area (Å²) in [6.07, 6.45) is 0. The van der Waals surface area contributed by atoms with Crippen molar-refractivity contribution in [3.8, 4) is 0 Å². The van der Waals surface area contributed by atoms with Crippen molar-refractivity contribution in [2.45, 2.75) is 6.61 Å². The van der Waals surface area contributed by atoms with Gasteiger partial charge in [-0.2, -0.15) is 0 Å². The van der Waals surface area contributed by atoms with Crippen LogP contribution < -0.4 is 5.32 Å². The number of benzene rings is 2. The fourth-order valence-corrected chi connectivity index (χ4v) is 2.33. The summed E-state index contributed by atoms with van der Waals surface area (Å²) in [6.45, 7) is 0.0599. The number of halogens is 1. The number of ether oxygens (including phenoxy) is 2. The highest BCUT2D eigenvalue weighted by Gasteiger charge is 2.11. The highest BCUT2D eigenvalue weighted by Crippen LogP contribution is 2.15. The molecule has 0 aliphatic carbocycles. The lowest BCUT2D eigenvalue weighted by molar-refractivity contribution is -0.119. The van der Waals surface area contributed by atoms with E-state index >= 15 is 0 Å². The lowest BCUT2D eigenvalue weighted by atomic mass is 10.1. The van der Waals surface area contributed by atoms with Gasteiger partial charge in [0.15, 0.2) is 6.61 Å². The van der Waals surface area contributed by atoms with Gasteiger partial charge in [-0.05, 0) is 35.9 Å². The summed E-state index contributed by atoms with van der Waals surface area (Å²) in [6, 6.07) is 14.1. The Balaban J connectivity index is 1.88. The third kappa shape index (κ3) is 5.50. The van der Waals surface area contributed by atoms with E-state index in [0.717, 1.165) is 10.0 Å². The van der Waals surface area contributed by atoms with Gasteiger partial charge in [0.1, 0.15) is 0 Å². The summed E-state index contributed by atoms with van der Waals surface area (Å²) in [5.41, 5.74) is 1.87. The highest BCUT2D eigenvalue weighted by molar-refractivity contribution is 9.10. The van der Waals surface area contributed by atoms with Crippen LogP contribution in [0.5, 0.6) is 0 Å². The molecule has 23 heavy (non-hydrogen) atoms. The first-order valence-corrected chi connectivity index (χ1v) is 7.68. The first-order valence-electron chi connectivity index (χ1n) is 6.89. The van der Waals surface area contributed by atoms with Crippen LogP contribution in [-0.4, -0.2) is 25.6 Å². The molecule has 2 aromatic carbocycles. The first kappa shape index (κ1) is 17.2. The van der Waals surface area contributed by atoms with Crippen LogP contribution in [0.25, 0.3) is 0 Å². The third-order valence-electron chi connectivity index (χ3n) is 2.92. The van der Waals surface area contributed by atoms with Crippen LogP contribution in [0.1, 0.15) is 15.9 Å².